The molecule has 1 unspecified atom stereocenters. The molecule has 0 saturated carbocycles. The zero-order valence-electron chi connectivity index (χ0n) is 12.7. The third kappa shape index (κ3) is 3.99. The first-order valence-electron chi connectivity index (χ1n) is 7.30. The number of aliphatic carboxylic acids is 1. The summed E-state index contributed by atoms with van der Waals surface area (Å²) in [5.74, 6) is -0.778. The second kappa shape index (κ2) is 7.11. The normalized spacial score (nSPS) is 18.5. The van der Waals surface area contributed by atoms with Crippen molar-refractivity contribution >= 4 is 23.5 Å². The van der Waals surface area contributed by atoms with E-state index in [-0.39, 0.29) is 18.9 Å². The minimum Gasteiger partial charge on any atom is -0.481 e. The summed E-state index contributed by atoms with van der Waals surface area (Å²) in [6.07, 6.45) is -0.558. The maximum absolute atomic E-state index is 12.5. The van der Waals surface area contributed by atoms with Crippen LogP contribution in [0.25, 0.3) is 0 Å². The van der Waals surface area contributed by atoms with Crippen molar-refractivity contribution in [3.05, 3.63) is 34.3 Å². The highest BCUT2D eigenvalue weighted by Crippen LogP contribution is 2.26. The predicted octanol–water partition coefficient (Wildman–Crippen LogP) is 2.78. The number of halogens is 1. The molecule has 0 bridgehead atoms. The SMILES string of the molecule is CC(C)c1ccc(C(=O)N2CCOC(CC(=O)O)C2)cc1Cl. The Morgan fingerprint density at radius 3 is 2.77 bits per heavy atom. The second-order valence-corrected chi connectivity index (χ2v) is 6.14. The van der Waals surface area contributed by atoms with E-state index in [0.29, 0.717) is 29.7 Å². The molecule has 22 heavy (non-hydrogen) atoms. The predicted molar refractivity (Wildman–Crippen MR) is 83.4 cm³/mol. The lowest BCUT2D eigenvalue weighted by Gasteiger charge is -2.32. The van der Waals surface area contributed by atoms with Gasteiger partial charge in [-0.1, -0.05) is 31.5 Å². The average molecular weight is 326 g/mol. The topological polar surface area (TPSA) is 66.8 Å². The lowest BCUT2D eigenvalue weighted by molar-refractivity contribution is -0.141. The number of benzene rings is 1. The summed E-state index contributed by atoms with van der Waals surface area (Å²) in [6.45, 7) is 5.18. The zero-order chi connectivity index (χ0) is 16.3. The first-order chi connectivity index (χ1) is 10.4. The largest absolute Gasteiger partial charge is 0.481 e. The Hall–Kier alpha value is -1.59. The van der Waals surface area contributed by atoms with Gasteiger partial charge in [-0.15, -0.1) is 0 Å². The Morgan fingerprint density at radius 2 is 2.18 bits per heavy atom. The number of carbonyl (C=O) groups is 2. The van der Waals surface area contributed by atoms with Crippen LogP contribution in [0, 0.1) is 0 Å². The molecule has 0 aliphatic carbocycles. The van der Waals surface area contributed by atoms with Gasteiger partial charge in [-0.05, 0) is 23.6 Å². The quantitative estimate of drug-likeness (QED) is 0.924. The summed E-state index contributed by atoms with van der Waals surface area (Å²) >= 11 is 6.23. The van der Waals surface area contributed by atoms with Crippen molar-refractivity contribution in [2.24, 2.45) is 0 Å². The number of carboxylic acid groups (broad SMARTS) is 1. The summed E-state index contributed by atoms with van der Waals surface area (Å²) in [5.41, 5.74) is 1.52. The monoisotopic (exact) mass is 325 g/mol. The van der Waals surface area contributed by atoms with Crippen molar-refractivity contribution in [1.29, 1.82) is 0 Å². The van der Waals surface area contributed by atoms with Crippen LogP contribution in [0.3, 0.4) is 0 Å². The highest BCUT2D eigenvalue weighted by atomic mass is 35.5. The van der Waals surface area contributed by atoms with Crippen molar-refractivity contribution in [1.82, 2.24) is 4.90 Å². The Labute approximate surface area is 134 Å². The fraction of sp³-hybridized carbons (Fsp3) is 0.500. The average Bonchev–Trinajstić information content (AvgIpc) is 2.45. The first kappa shape index (κ1) is 16.8. The molecular weight excluding hydrogens is 306 g/mol. The lowest BCUT2D eigenvalue weighted by Crippen LogP contribution is -2.46. The van der Waals surface area contributed by atoms with E-state index in [0.717, 1.165) is 5.56 Å². The Balaban J connectivity index is 2.10. The van der Waals surface area contributed by atoms with Crippen LogP contribution in [0.2, 0.25) is 5.02 Å². The van der Waals surface area contributed by atoms with Crippen LogP contribution >= 0.6 is 11.6 Å². The Morgan fingerprint density at radius 1 is 1.45 bits per heavy atom. The number of ether oxygens (including phenoxy) is 1. The van der Waals surface area contributed by atoms with Crippen LogP contribution in [-0.4, -0.2) is 47.7 Å². The van der Waals surface area contributed by atoms with E-state index in [1.165, 1.54) is 0 Å². The molecule has 1 aliphatic heterocycles. The van der Waals surface area contributed by atoms with Crippen LogP contribution < -0.4 is 0 Å². The molecule has 5 nitrogen and oxygen atoms in total. The Bertz CT molecular complexity index is 573. The summed E-state index contributed by atoms with van der Waals surface area (Å²) in [6, 6.07) is 5.32. The molecule has 0 radical (unpaired) electrons. The van der Waals surface area contributed by atoms with Crippen molar-refractivity contribution in [3.63, 3.8) is 0 Å². The van der Waals surface area contributed by atoms with E-state index in [4.69, 9.17) is 21.4 Å². The number of hydrogen-bond donors (Lipinski definition) is 1. The molecule has 120 valence electrons. The van der Waals surface area contributed by atoms with Gasteiger partial charge in [-0.2, -0.15) is 0 Å². The molecule has 1 saturated heterocycles. The number of carboxylic acids is 1. The van der Waals surface area contributed by atoms with Gasteiger partial charge in [0.15, 0.2) is 0 Å². The van der Waals surface area contributed by atoms with Gasteiger partial charge in [0.2, 0.25) is 0 Å². The number of rotatable bonds is 4. The molecule has 1 amide bonds. The smallest absolute Gasteiger partial charge is 0.306 e. The van der Waals surface area contributed by atoms with E-state index in [1.807, 2.05) is 19.9 Å². The van der Waals surface area contributed by atoms with E-state index >= 15 is 0 Å². The lowest BCUT2D eigenvalue weighted by atomic mass is 10.0. The van der Waals surface area contributed by atoms with Gasteiger partial charge >= 0.3 is 5.97 Å². The third-order valence-corrected chi connectivity index (χ3v) is 4.03. The van der Waals surface area contributed by atoms with Crippen LogP contribution in [0.1, 0.15) is 42.1 Å². The summed E-state index contributed by atoms with van der Waals surface area (Å²) in [5, 5.41) is 9.41. The van der Waals surface area contributed by atoms with E-state index in [9.17, 15) is 9.59 Å². The molecule has 6 heteroatoms. The van der Waals surface area contributed by atoms with Crippen molar-refractivity contribution in [2.45, 2.75) is 32.3 Å². The van der Waals surface area contributed by atoms with E-state index in [1.54, 1.807) is 17.0 Å². The van der Waals surface area contributed by atoms with Crippen LogP contribution in [0.5, 0.6) is 0 Å². The molecule has 2 rings (SSSR count). The fourth-order valence-corrected chi connectivity index (χ4v) is 2.93. The molecule has 1 heterocycles. The molecule has 1 aliphatic rings. The maximum Gasteiger partial charge on any atom is 0.306 e. The molecular formula is C16H20ClNO4. The molecule has 1 fully saturated rings. The Kier molecular flexibility index (Phi) is 5.42. The van der Waals surface area contributed by atoms with Gasteiger partial charge in [0.1, 0.15) is 0 Å². The van der Waals surface area contributed by atoms with Crippen LogP contribution in [0.15, 0.2) is 18.2 Å². The second-order valence-electron chi connectivity index (χ2n) is 5.73. The number of nitrogens with zero attached hydrogens (tertiary/aromatic N) is 1. The minimum atomic E-state index is -0.927. The highest BCUT2D eigenvalue weighted by molar-refractivity contribution is 6.31. The highest BCUT2D eigenvalue weighted by Gasteiger charge is 2.26. The minimum absolute atomic E-state index is 0.100. The molecule has 1 N–H and O–H groups in total. The molecule has 0 aromatic heterocycles. The summed E-state index contributed by atoms with van der Waals surface area (Å²) < 4.78 is 5.38. The third-order valence-electron chi connectivity index (χ3n) is 3.70. The van der Waals surface area contributed by atoms with E-state index in [2.05, 4.69) is 0 Å². The number of hydrogen-bond acceptors (Lipinski definition) is 3. The summed E-state index contributed by atoms with van der Waals surface area (Å²) in [7, 11) is 0. The molecule has 0 spiro atoms. The summed E-state index contributed by atoms with van der Waals surface area (Å²) in [4.78, 5) is 24.9. The van der Waals surface area contributed by atoms with Gasteiger partial charge < -0.3 is 14.7 Å². The van der Waals surface area contributed by atoms with Gasteiger partial charge in [0.25, 0.3) is 5.91 Å². The van der Waals surface area contributed by atoms with Crippen molar-refractivity contribution in [3.8, 4) is 0 Å². The standard InChI is InChI=1S/C16H20ClNO4/c1-10(2)13-4-3-11(7-14(13)17)16(21)18-5-6-22-12(9-18)8-15(19)20/h3-4,7,10,12H,5-6,8-9H2,1-2H3,(H,19,20). The van der Waals surface area contributed by atoms with Crippen molar-refractivity contribution < 1.29 is 19.4 Å². The van der Waals surface area contributed by atoms with Crippen LogP contribution in [0.4, 0.5) is 0 Å². The molecule has 1 aromatic rings. The zero-order valence-corrected chi connectivity index (χ0v) is 13.5. The van der Waals surface area contributed by atoms with Gasteiger partial charge in [0.05, 0.1) is 19.1 Å². The van der Waals surface area contributed by atoms with Gasteiger partial charge in [0, 0.05) is 23.7 Å². The number of morpholine rings is 1. The van der Waals surface area contributed by atoms with Crippen LogP contribution in [-0.2, 0) is 9.53 Å². The fourth-order valence-electron chi connectivity index (χ4n) is 2.53. The number of carbonyl (C=O) groups excluding carboxylic acids is 1. The van der Waals surface area contributed by atoms with Gasteiger partial charge in [-0.25, -0.2) is 0 Å². The van der Waals surface area contributed by atoms with E-state index < -0.39 is 12.1 Å². The molecule has 1 atom stereocenters. The van der Waals surface area contributed by atoms with Crippen molar-refractivity contribution in [2.75, 3.05) is 19.7 Å². The maximum atomic E-state index is 12.5. The molecule has 1 aromatic carbocycles. The first-order valence-corrected chi connectivity index (χ1v) is 7.68. The van der Waals surface area contributed by atoms with Gasteiger partial charge in [-0.3, -0.25) is 9.59 Å². The number of amides is 1.